The van der Waals surface area contributed by atoms with Crippen LogP contribution in [0.5, 0.6) is 17.2 Å². The molecule has 3 N–H and O–H groups in total. The van der Waals surface area contributed by atoms with Crippen LogP contribution in [0.3, 0.4) is 0 Å². The number of aromatic hydroxyl groups is 3. The molecule has 0 amide bonds. The smallest absolute Gasteiger partial charge is 0.315 e. The summed E-state index contributed by atoms with van der Waals surface area (Å²) in [7, 11) is 0. The Morgan fingerprint density at radius 1 is 1.10 bits per heavy atom. The van der Waals surface area contributed by atoms with E-state index in [9.17, 15) is 30.2 Å². The van der Waals surface area contributed by atoms with Gasteiger partial charge in [0.15, 0.2) is 11.5 Å². The second-order valence-corrected chi connectivity index (χ2v) is 4.35. The van der Waals surface area contributed by atoms with E-state index in [2.05, 4.69) is 0 Å². The minimum atomic E-state index is -0.897. The van der Waals surface area contributed by atoms with Crippen molar-refractivity contribution in [1.82, 2.24) is 0 Å². The molecule has 0 atom stereocenters. The summed E-state index contributed by atoms with van der Waals surface area (Å²) < 4.78 is 0. The molecule has 0 aliphatic carbocycles. The number of ketones is 1. The largest absolute Gasteiger partial charge is 0.508 e. The van der Waals surface area contributed by atoms with Gasteiger partial charge in [-0.1, -0.05) is 18.2 Å². The Kier molecular flexibility index (Phi) is 3.75. The van der Waals surface area contributed by atoms with Crippen molar-refractivity contribution in [3.63, 3.8) is 0 Å². The van der Waals surface area contributed by atoms with Crippen LogP contribution >= 0.6 is 0 Å². The summed E-state index contributed by atoms with van der Waals surface area (Å²) in [5, 5.41) is 39.2. The lowest BCUT2D eigenvalue weighted by atomic mass is 10.0. The first kappa shape index (κ1) is 14.3. The van der Waals surface area contributed by atoms with Crippen LogP contribution in [-0.4, -0.2) is 26.0 Å². The van der Waals surface area contributed by atoms with Gasteiger partial charge in [-0.3, -0.25) is 14.9 Å². The molecule has 21 heavy (non-hydrogen) atoms. The standard InChI is InChI=1S/C14H11NO6/c16-11-4-2-1-3-8(11)6-12(17)9-5-10(15(20)21)14(19)13(18)7-9/h1-5,7,16,18-19H,6H2. The molecule has 2 aromatic rings. The number of carbonyl (C=O) groups excluding carboxylic acids is 1. The van der Waals surface area contributed by atoms with Crippen molar-refractivity contribution in [2.75, 3.05) is 0 Å². The fourth-order valence-electron chi connectivity index (χ4n) is 1.84. The first-order valence-electron chi connectivity index (χ1n) is 5.90. The van der Waals surface area contributed by atoms with Crippen LogP contribution in [0, 0.1) is 10.1 Å². The molecule has 7 nitrogen and oxygen atoms in total. The van der Waals surface area contributed by atoms with Gasteiger partial charge in [0.1, 0.15) is 5.75 Å². The van der Waals surface area contributed by atoms with E-state index in [1.165, 1.54) is 6.07 Å². The molecule has 0 aliphatic rings. The van der Waals surface area contributed by atoms with Gasteiger partial charge in [0.2, 0.25) is 5.75 Å². The Bertz CT molecular complexity index is 725. The van der Waals surface area contributed by atoms with E-state index in [1.54, 1.807) is 18.2 Å². The summed E-state index contributed by atoms with van der Waals surface area (Å²) in [4.78, 5) is 21.9. The zero-order valence-corrected chi connectivity index (χ0v) is 10.7. The van der Waals surface area contributed by atoms with Gasteiger partial charge in [-0.25, -0.2) is 0 Å². The summed E-state index contributed by atoms with van der Waals surface area (Å²) in [6.07, 6.45) is -0.186. The molecule has 0 saturated carbocycles. The van der Waals surface area contributed by atoms with Gasteiger partial charge in [-0.05, 0) is 12.1 Å². The maximum Gasteiger partial charge on any atom is 0.315 e. The lowest BCUT2D eigenvalue weighted by molar-refractivity contribution is -0.386. The quantitative estimate of drug-likeness (QED) is 0.343. The Hall–Kier alpha value is -3.09. The van der Waals surface area contributed by atoms with Gasteiger partial charge in [-0.15, -0.1) is 0 Å². The van der Waals surface area contributed by atoms with E-state index in [-0.39, 0.29) is 17.7 Å². The molecule has 0 bridgehead atoms. The molecule has 0 unspecified atom stereocenters. The van der Waals surface area contributed by atoms with Crippen LogP contribution in [0.1, 0.15) is 15.9 Å². The average Bonchev–Trinajstić information content (AvgIpc) is 2.43. The molecule has 0 radical (unpaired) electrons. The number of phenols is 3. The van der Waals surface area contributed by atoms with E-state index in [1.807, 2.05) is 0 Å². The Morgan fingerprint density at radius 2 is 1.76 bits per heavy atom. The SMILES string of the molecule is O=C(Cc1ccccc1O)c1cc(O)c(O)c([N+](=O)[O-])c1. The summed E-state index contributed by atoms with van der Waals surface area (Å²) in [5.41, 5.74) is -0.520. The van der Waals surface area contributed by atoms with E-state index in [0.29, 0.717) is 5.56 Å². The van der Waals surface area contributed by atoms with Crippen molar-refractivity contribution in [1.29, 1.82) is 0 Å². The topological polar surface area (TPSA) is 121 Å². The normalized spacial score (nSPS) is 10.3. The minimum Gasteiger partial charge on any atom is -0.508 e. The molecule has 0 aromatic heterocycles. The fraction of sp³-hybridized carbons (Fsp3) is 0.0714. The Balaban J connectivity index is 2.36. The van der Waals surface area contributed by atoms with E-state index in [4.69, 9.17) is 0 Å². The number of hydrogen-bond acceptors (Lipinski definition) is 6. The number of para-hydroxylation sites is 1. The molecule has 0 heterocycles. The summed E-state index contributed by atoms with van der Waals surface area (Å²) in [6.45, 7) is 0. The molecule has 2 rings (SSSR count). The van der Waals surface area contributed by atoms with E-state index < -0.39 is 27.9 Å². The predicted octanol–water partition coefficient (Wildman–Crippen LogP) is 2.14. The predicted molar refractivity (Wildman–Crippen MR) is 72.6 cm³/mol. The van der Waals surface area contributed by atoms with Crippen molar-refractivity contribution >= 4 is 11.5 Å². The zero-order chi connectivity index (χ0) is 15.6. The Labute approximate surface area is 118 Å². The van der Waals surface area contributed by atoms with Crippen LogP contribution in [0.4, 0.5) is 5.69 Å². The van der Waals surface area contributed by atoms with Crippen LogP contribution in [-0.2, 0) is 6.42 Å². The summed E-state index contributed by atoms with van der Waals surface area (Å²) >= 11 is 0. The second kappa shape index (κ2) is 5.49. The molecule has 0 saturated heterocycles. The first-order chi connectivity index (χ1) is 9.90. The maximum absolute atomic E-state index is 12.1. The number of nitro benzene ring substituents is 1. The van der Waals surface area contributed by atoms with E-state index in [0.717, 1.165) is 12.1 Å². The third-order valence-electron chi connectivity index (χ3n) is 2.93. The number of benzene rings is 2. The average molecular weight is 289 g/mol. The minimum absolute atomic E-state index is 0.0663. The number of nitrogens with zero attached hydrogens (tertiary/aromatic N) is 1. The second-order valence-electron chi connectivity index (χ2n) is 4.35. The Morgan fingerprint density at radius 3 is 2.38 bits per heavy atom. The number of phenolic OH excluding ortho intramolecular Hbond substituents is 3. The third kappa shape index (κ3) is 2.92. The highest BCUT2D eigenvalue weighted by Crippen LogP contribution is 2.36. The molecular formula is C14H11NO6. The van der Waals surface area contributed by atoms with Crippen LogP contribution < -0.4 is 0 Å². The number of carbonyl (C=O) groups is 1. The van der Waals surface area contributed by atoms with Gasteiger partial charge in [-0.2, -0.15) is 0 Å². The van der Waals surface area contributed by atoms with E-state index >= 15 is 0 Å². The van der Waals surface area contributed by atoms with Gasteiger partial charge in [0.05, 0.1) is 4.92 Å². The van der Waals surface area contributed by atoms with Crippen molar-refractivity contribution in [2.24, 2.45) is 0 Å². The molecule has 0 aliphatic heterocycles. The molecule has 7 heteroatoms. The highest BCUT2D eigenvalue weighted by atomic mass is 16.6. The highest BCUT2D eigenvalue weighted by molar-refractivity contribution is 5.99. The molecular weight excluding hydrogens is 278 g/mol. The summed E-state index contributed by atoms with van der Waals surface area (Å²) in [6, 6.07) is 8.03. The maximum atomic E-state index is 12.1. The van der Waals surface area contributed by atoms with Crippen LogP contribution in [0.2, 0.25) is 0 Å². The lowest BCUT2D eigenvalue weighted by Gasteiger charge is -2.06. The van der Waals surface area contributed by atoms with Crippen molar-refractivity contribution in [2.45, 2.75) is 6.42 Å². The van der Waals surface area contributed by atoms with Gasteiger partial charge in [0.25, 0.3) is 0 Å². The van der Waals surface area contributed by atoms with Crippen molar-refractivity contribution in [3.8, 4) is 17.2 Å². The first-order valence-corrected chi connectivity index (χ1v) is 5.90. The van der Waals surface area contributed by atoms with Crippen LogP contribution in [0.15, 0.2) is 36.4 Å². The molecule has 0 spiro atoms. The number of hydrogen-bond donors (Lipinski definition) is 3. The molecule has 0 fully saturated rings. The third-order valence-corrected chi connectivity index (χ3v) is 2.93. The fourth-order valence-corrected chi connectivity index (χ4v) is 1.84. The summed E-state index contributed by atoms with van der Waals surface area (Å²) in [5.74, 6) is -2.23. The van der Waals surface area contributed by atoms with Gasteiger partial charge >= 0.3 is 5.69 Å². The van der Waals surface area contributed by atoms with Gasteiger partial charge < -0.3 is 15.3 Å². The van der Waals surface area contributed by atoms with Crippen molar-refractivity contribution in [3.05, 3.63) is 57.6 Å². The van der Waals surface area contributed by atoms with Crippen molar-refractivity contribution < 1.29 is 25.0 Å². The monoisotopic (exact) mass is 289 g/mol. The molecule has 108 valence electrons. The number of rotatable bonds is 4. The number of Topliss-reactive ketones (excluding diaryl/α,β-unsaturated/α-hetero) is 1. The zero-order valence-electron chi connectivity index (χ0n) is 10.7. The lowest BCUT2D eigenvalue weighted by Crippen LogP contribution is -2.04. The van der Waals surface area contributed by atoms with Gasteiger partial charge in [0, 0.05) is 23.6 Å². The highest BCUT2D eigenvalue weighted by Gasteiger charge is 2.22. The molecule has 2 aromatic carbocycles. The van der Waals surface area contributed by atoms with Crippen LogP contribution in [0.25, 0.3) is 0 Å². The number of nitro groups is 1.